The Morgan fingerprint density at radius 2 is 1.20 bits per heavy atom. The van der Waals surface area contributed by atoms with Crippen LogP contribution in [0.3, 0.4) is 0 Å². The Balaban J connectivity index is 0.00000182. The average molecular weight is 394 g/mol. The molecular weight excluding hydrogens is 380 g/mol. The number of benzene rings is 3. The molecule has 0 aliphatic carbocycles. The minimum atomic E-state index is 0. The maximum Gasteiger partial charge on any atom is 0.168 e. The molecule has 0 aliphatic heterocycles. The van der Waals surface area contributed by atoms with E-state index in [4.69, 9.17) is 12.6 Å². The zero-order valence-electron chi connectivity index (χ0n) is 13.5. The summed E-state index contributed by atoms with van der Waals surface area (Å²) in [5.74, 6) is 1.56. The van der Waals surface area contributed by atoms with Crippen molar-refractivity contribution in [3.63, 3.8) is 0 Å². The van der Waals surface area contributed by atoms with Crippen LogP contribution >= 0.6 is 0 Å². The molecule has 0 bridgehead atoms. The molecule has 1 heterocycles. The van der Waals surface area contributed by atoms with Crippen molar-refractivity contribution in [3.8, 4) is 28.5 Å². The summed E-state index contributed by atoms with van der Waals surface area (Å²) < 4.78 is 2.06. The fraction of sp³-hybridized carbons (Fsp3) is 0. The summed E-state index contributed by atoms with van der Waals surface area (Å²) in [6.45, 7) is 0. The standard InChI is InChI=1S/C20H15N3S.Zn/c24-18-14-8-7-13-17(18)20-22-21-19(15-9-3-1-4-10-15)23(20)16-11-5-2-6-12-16;/h1-14,24H;/p-1. The molecule has 1 aromatic heterocycles. The van der Waals surface area contributed by atoms with Crippen LogP contribution in [0.4, 0.5) is 0 Å². The molecule has 5 heteroatoms. The summed E-state index contributed by atoms with van der Waals surface area (Å²) in [7, 11) is 0. The molecule has 0 radical (unpaired) electrons. The largest absolute Gasteiger partial charge is 0.779 e. The molecule has 3 aromatic carbocycles. The van der Waals surface area contributed by atoms with Crippen molar-refractivity contribution in [3.05, 3.63) is 84.9 Å². The molecule has 0 saturated carbocycles. The second kappa shape index (κ2) is 7.69. The predicted molar refractivity (Wildman–Crippen MR) is 97.9 cm³/mol. The van der Waals surface area contributed by atoms with Crippen LogP contribution in [0, 0.1) is 0 Å². The first-order chi connectivity index (χ1) is 11.8. The fourth-order valence-corrected chi connectivity index (χ4v) is 2.94. The van der Waals surface area contributed by atoms with Gasteiger partial charge in [-0.15, -0.1) is 10.2 Å². The molecule has 0 atom stereocenters. The van der Waals surface area contributed by atoms with Gasteiger partial charge in [0.25, 0.3) is 0 Å². The molecule has 0 N–H and O–H groups in total. The normalized spacial score (nSPS) is 10.2. The van der Waals surface area contributed by atoms with Gasteiger partial charge >= 0.3 is 0 Å². The van der Waals surface area contributed by atoms with E-state index in [0.717, 1.165) is 33.4 Å². The minimum absolute atomic E-state index is 0. The van der Waals surface area contributed by atoms with E-state index in [1.807, 2.05) is 84.9 Å². The van der Waals surface area contributed by atoms with Gasteiger partial charge in [-0.25, -0.2) is 0 Å². The third-order valence-electron chi connectivity index (χ3n) is 3.84. The Morgan fingerprint density at radius 3 is 1.88 bits per heavy atom. The van der Waals surface area contributed by atoms with Gasteiger partial charge in [-0.05, 0) is 12.1 Å². The smallest absolute Gasteiger partial charge is 0.168 e. The molecule has 0 unspecified atom stereocenters. The van der Waals surface area contributed by atoms with Crippen molar-refractivity contribution in [2.45, 2.75) is 4.90 Å². The van der Waals surface area contributed by atoms with E-state index in [-0.39, 0.29) is 19.5 Å². The Bertz CT molecular complexity index is 969. The topological polar surface area (TPSA) is 30.7 Å². The van der Waals surface area contributed by atoms with Crippen LogP contribution in [0.25, 0.3) is 28.5 Å². The predicted octanol–water partition coefficient (Wildman–Crippen LogP) is 4.50. The fourth-order valence-electron chi connectivity index (χ4n) is 2.71. The summed E-state index contributed by atoms with van der Waals surface area (Å²) in [4.78, 5) is 0.765. The van der Waals surface area contributed by atoms with E-state index in [1.54, 1.807) is 0 Å². The molecule has 4 rings (SSSR count). The van der Waals surface area contributed by atoms with Crippen LogP contribution in [0.1, 0.15) is 0 Å². The van der Waals surface area contributed by atoms with Crippen molar-refractivity contribution in [1.29, 1.82) is 0 Å². The van der Waals surface area contributed by atoms with Gasteiger partial charge in [0.2, 0.25) is 0 Å². The molecule has 3 nitrogen and oxygen atoms in total. The molecule has 0 saturated heterocycles. The zero-order valence-corrected chi connectivity index (χ0v) is 17.3. The number of rotatable bonds is 3. The molecule has 118 valence electrons. The maximum absolute atomic E-state index is 5.49. The Labute approximate surface area is 164 Å². The third-order valence-corrected chi connectivity index (χ3v) is 4.19. The van der Waals surface area contributed by atoms with Crippen molar-refractivity contribution < 1.29 is 19.5 Å². The van der Waals surface area contributed by atoms with Gasteiger partial charge in [0.05, 0.1) is 0 Å². The van der Waals surface area contributed by atoms with Crippen LogP contribution < -0.4 is 0 Å². The van der Waals surface area contributed by atoms with Crippen LogP contribution in [0.2, 0.25) is 0 Å². The minimum Gasteiger partial charge on any atom is -0.779 e. The number of hydrogen-bond acceptors (Lipinski definition) is 3. The maximum atomic E-state index is 5.49. The molecule has 0 spiro atoms. The Kier molecular flexibility index (Phi) is 5.37. The Morgan fingerprint density at radius 1 is 0.640 bits per heavy atom. The monoisotopic (exact) mass is 392 g/mol. The van der Waals surface area contributed by atoms with E-state index >= 15 is 0 Å². The summed E-state index contributed by atoms with van der Waals surface area (Å²) in [6.07, 6.45) is 0. The van der Waals surface area contributed by atoms with Crippen molar-refractivity contribution >= 4 is 12.6 Å². The van der Waals surface area contributed by atoms with Gasteiger partial charge in [0, 0.05) is 36.3 Å². The van der Waals surface area contributed by atoms with Crippen LogP contribution in [-0.2, 0) is 32.1 Å². The van der Waals surface area contributed by atoms with Crippen molar-refractivity contribution in [1.82, 2.24) is 14.8 Å². The summed E-state index contributed by atoms with van der Waals surface area (Å²) >= 11 is 5.49. The first-order valence-corrected chi connectivity index (χ1v) is 8.08. The van der Waals surface area contributed by atoms with E-state index in [1.165, 1.54) is 0 Å². The van der Waals surface area contributed by atoms with Crippen LogP contribution in [-0.4, -0.2) is 14.8 Å². The van der Waals surface area contributed by atoms with E-state index in [9.17, 15) is 0 Å². The van der Waals surface area contributed by atoms with Gasteiger partial charge < -0.3 is 12.6 Å². The second-order valence-corrected chi connectivity index (χ2v) is 5.82. The third kappa shape index (κ3) is 3.39. The van der Waals surface area contributed by atoms with Gasteiger partial charge in [-0.1, -0.05) is 72.8 Å². The molecule has 0 fully saturated rings. The summed E-state index contributed by atoms with van der Waals surface area (Å²) in [5.41, 5.74) is 2.93. The van der Waals surface area contributed by atoms with Crippen molar-refractivity contribution in [2.24, 2.45) is 0 Å². The summed E-state index contributed by atoms with van der Waals surface area (Å²) in [6, 6.07) is 28.0. The molecule has 0 amide bonds. The SMILES string of the molecule is [S-]c1ccccc1-c1nnc(-c2ccccc2)n1-c1ccccc1.[Zn]. The van der Waals surface area contributed by atoms with Gasteiger partial charge in [0.1, 0.15) is 0 Å². The van der Waals surface area contributed by atoms with E-state index < -0.39 is 0 Å². The van der Waals surface area contributed by atoms with Crippen molar-refractivity contribution in [2.75, 3.05) is 0 Å². The number of nitrogens with zero attached hydrogens (tertiary/aromatic N) is 3. The van der Waals surface area contributed by atoms with E-state index in [2.05, 4.69) is 14.8 Å². The first-order valence-electron chi connectivity index (χ1n) is 7.67. The quantitative estimate of drug-likeness (QED) is 0.379. The zero-order chi connectivity index (χ0) is 16.4. The Hall–Kier alpha value is -2.36. The first kappa shape index (κ1) is 17.5. The number of para-hydroxylation sites is 1. The van der Waals surface area contributed by atoms with Crippen LogP contribution in [0.5, 0.6) is 0 Å². The van der Waals surface area contributed by atoms with Gasteiger partial charge in [-0.2, -0.15) is 4.90 Å². The number of aromatic nitrogens is 3. The average Bonchev–Trinajstić information content (AvgIpc) is 3.08. The molecule has 4 aromatic rings. The molecular formula is C20H14N3SZn-. The molecule has 0 aliphatic rings. The van der Waals surface area contributed by atoms with Crippen LogP contribution in [0.15, 0.2) is 89.8 Å². The van der Waals surface area contributed by atoms with Gasteiger partial charge in [0.15, 0.2) is 11.6 Å². The number of hydrogen-bond donors (Lipinski definition) is 0. The molecule has 25 heavy (non-hydrogen) atoms. The second-order valence-electron chi connectivity index (χ2n) is 5.38. The van der Waals surface area contributed by atoms with E-state index in [0.29, 0.717) is 0 Å². The summed E-state index contributed by atoms with van der Waals surface area (Å²) in [5, 5.41) is 8.89. The van der Waals surface area contributed by atoms with Gasteiger partial charge in [-0.3, -0.25) is 4.57 Å².